The maximum atomic E-state index is 14.6. The molecule has 14 nitrogen and oxygen atoms in total. The van der Waals surface area contributed by atoms with Crippen LogP contribution in [0, 0.1) is 5.82 Å². The third-order valence-electron chi connectivity index (χ3n) is 5.70. The minimum Gasteiger partial charge on any atom is -0.453 e. The molecule has 0 bridgehead atoms. The fourth-order valence-corrected chi connectivity index (χ4v) is 3.74. The van der Waals surface area contributed by atoms with Crippen molar-refractivity contribution in [3.63, 3.8) is 0 Å². The number of halogens is 1. The average Bonchev–Trinajstić information content (AvgIpc) is 3.53. The first-order chi connectivity index (χ1) is 18.8. The van der Waals surface area contributed by atoms with Gasteiger partial charge in [-0.05, 0) is 18.2 Å². The number of fused-ring (bicyclic) bond motifs is 1. The molecule has 0 spiro atoms. The molecule has 15 heteroatoms. The van der Waals surface area contributed by atoms with Crippen molar-refractivity contribution in [3.8, 4) is 0 Å². The molecule has 0 aliphatic carbocycles. The molecule has 0 saturated carbocycles. The van der Waals surface area contributed by atoms with Gasteiger partial charge < -0.3 is 35.1 Å². The molecule has 1 aromatic carbocycles. The summed E-state index contributed by atoms with van der Waals surface area (Å²) in [5, 5.41) is 10.7. The molecule has 1 fully saturated rings. The number of rotatable bonds is 11. The maximum Gasteiger partial charge on any atom is 0.414 e. The van der Waals surface area contributed by atoms with E-state index in [1.807, 2.05) is 0 Å². The van der Waals surface area contributed by atoms with Crippen LogP contribution in [0.1, 0.15) is 16.9 Å². The fraction of sp³-hybridized carbons (Fsp3) is 0.333. The molecular weight excluding hydrogens is 515 g/mol. The number of aromatic nitrogens is 3. The van der Waals surface area contributed by atoms with Gasteiger partial charge in [0.2, 0.25) is 5.91 Å². The van der Waals surface area contributed by atoms with Crippen LogP contribution in [-0.4, -0.2) is 84.3 Å². The number of carbonyl (C=O) groups excluding carboxylic acids is 4. The summed E-state index contributed by atoms with van der Waals surface area (Å²) in [6.45, 7) is 0.795. The minimum atomic E-state index is -0.652. The van der Waals surface area contributed by atoms with Crippen LogP contribution in [0.25, 0.3) is 5.65 Å². The summed E-state index contributed by atoms with van der Waals surface area (Å²) in [5.41, 5.74) is 1.26. The molecule has 1 saturated heterocycles. The van der Waals surface area contributed by atoms with E-state index < -0.39 is 30.0 Å². The number of nitrogens with one attached hydrogen (secondary N) is 4. The predicted molar refractivity (Wildman–Crippen MR) is 136 cm³/mol. The first kappa shape index (κ1) is 27.1. The van der Waals surface area contributed by atoms with E-state index in [9.17, 15) is 23.6 Å². The number of anilines is 2. The van der Waals surface area contributed by atoms with Crippen LogP contribution in [-0.2, 0) is 14.3 Å². The molecule has 1 atom stereocenters. The van der Waals surface area contributed by atoms with E-state index in [1.165, 1.54) is 30.3 Å². The van der Waals surface area contributed by atoms with Crippen LogP contribution in [0.3, 0.4) is 0 Å². The highest BCUT2D eigenvalue weighted by Gasteiger charge is 2.33. The monoisotopic (exact) mass is 542 g/mol. The SMILES string of the molecule is COC(=O)NC[C@H]1CN(c2ccc(NCCNC(=O)CCNC(=O)c3cn4ccncc4n3)c(F)c2)C(=O)O1. The molecular formula is C24H27FN8O6. The third kappa shape index (κ3) is 7.09. The third-order valence-corrected chi connectivity index (χ3v) is 5.70. The van der Waals surface area contributed by atoms with Crippen molar-refractivity contribution in [1.82, 2.24) is 30.3 Å². The van der Waals surface area contributed by atoms with Crippen LogP contribution in [0.4, 0.5) is 25.4 Å². The summed E-state index contributed by atoms with van der Waals surface area (Å²) in [4.78, 5) is 57.0. The molecule has 2 aromatic heterocycles. The number of ether oxygens (including phenoxy) is 2. The Hall–Kier alpha value is -4.95. The van der Waals surface area contributed by atoms with Crippen LogP contribution in [0.5, 0.6) is 0 Å². The highest BCUT2D eigenvalue weighted by Crippen LogP contribution is 2.25. The van der Waals surface area contributed by atoms with Crippen molar-refractivity contribution in [2.75, 3.05) is 50.1 Å². The number of carbonyl (C=O) groups is 4. The number of methoxy groups -OCH3 is 1. The van der Waals surface area contributed by atoms with Gasteiger partial charge >= 0.3 is 12.2 Å². The van der Waals surface area contributed by atoms with E-state index in [2.05, 4.69) is 36.0 Å². The van der Waals surface area contributed by atoms with Crippen LogP contribution in [0.15, 0.2) is 43.0 Å². The van der Waals surface area contributed by atoms with Crippen molar-refractivity contribution >= 4 is 41.0 Å². The zero-order valence-corrected chi connectivity index (χ0v) is 21.0. The lowest BCUT2D eigenvalue weighted by atomic mass is 10.2. The second-order valence-electron chi connectivity index (χ2n) is 8.40. The molecule has 3 heterocycles. The number of imidazole rings is 1. The number of amides is 4. The van der Waals surface area contributed by atoms with Gasteiger partial charge in [-0.25, -0.2) is 19.0 Å². The van der Waals surface area contributed by atoms with Crippen molar-refractivity contribution in [2.24, 2.45) is 0 Å². The van der Waals surface area contributed by atoms with E-state index in [4.69, 9.17) is 4.74 Å². The lowest BCUT2D eigenvalue weighted by Gasteiger charge is -2.15. The number of hydrogen-bond donors (Lipinski definition) is 4. The van der Waals surface area contributed by atoms with E-state index in [0.29, 0.717) is 11.3 Å². The van der Waals surface area contributed by atoms with Crippen LogP contribution in [0.2, 0.25) is 0 Å². The van der Waals surface area contributed by atoms with Gasteiger partial charge in [0.1, 0.15) is 17.6 Å². The quantitative estimate of drug-likeness (QED) is 0.257. The predicted octanol–water partition coefficient (Wildman–Crippen LogP) is 0.898. The van der Waals surface area contributed by atoms with Gasteiger partial charge in [-0.1, -0.05) is 0 Å². The molecule has 3 aromatic rings. The Morgan fingerprint density at radius 1 is 1.18 bits per heavy atom. The minimum absolute atomic E-state index is 0.0613. The number of nitrogens with zero attached hydrogens (tertiary/aromatic N) is 4. The molecule has 0 radical (unpaired) electrons. The van der Waals surface area contributed by atoms with E-state index in [-0.39, 0.29) is 56.4 Å². The lowest BCUT2D eigenvalue weighted by molar-refractivity contribution is -0.120. The molecule has 4 N–H and O–H groups in total. The van der Waals surface area contributed by atoms with Crippen molar-refractivity contribution < 1.29 is 33.0 Å². The molecule has 0 unspecified atom stereocenters. The lowest BCUT2D eigenvalue weighted by Crippen LogP contribution is -2.34. The Labute approximate surface area is 221 Å². The van der Waals surface area contributed by atoms with Crippen LogP contribution >= 0.6 is 0 Å². The smallest absolute Gasteiger partial charge is 0.414 e. The second-order valence-corrected chi connectivity index (χ2v) is 8.40. The van der Waals surface area contributed by atoms with E-state index in [1.54, 1.807) is 29.1 Å². The number of alkyl carbamates (subject to hydrolysis) is 1. The zero-order chi connectivity index (χ0) is 27.8. The summed E-state index contributed by atoms with van der Waals surface area (Å²) in [6.07, 6.45) is 4.52. The van der Waals surface area contributed by atoms with Crippen LogP contribution < -0.4 is 26.2 Å². The Kier molecular flexibility index (Phi) is 8.71. The Morgan fingerprint density at radius 3 is 2.79 bits per heavy atom. The first-order valence-electron chi connectivity index (χ1n) is 12.0. The van der Waals surface area contributed by atoms with Gasteiger partial charge in [0.25, 0.3) is 5.91 Å². The Bertz CT molecular complexity index is 1330. The Balaban J connectivity index is 1.15. The number of benzene rings is 1. The number of hydrogen-bond acceptors (Lipinski definition) is 9. The molecule has 1 aliphatic heterocycles. The average molecular weight is 543 g/mol. The normalized spacial score (nSPS) is 14.6. The van der Waals surface area contributed by atoms with Crippen molar-refractivity contribution in [3.05, 3.63) is 54.5 Å². The molecule has 39 heavy (non-hydrogen) atoms. The molecule has 4 amide bonds. The summed E-state index contributed by atoms with van der Waals surface area (Å²) in [6, 6.07) is 4.23. The summed E-state index contributed by atoms with van der Waals surface area (Å²) in [5.74, 6) is -1.27. The van der Waals surface area contributed by atoms with Gasteiger partial charge in [-0.15, -0.1) is 0 Å². The highest BCUT2D eigenvalue weighted by molar-refractivity contribution is 5.93. The summed E-state index contributed by atoms with van der Waals surface area (Å²) < 4.78 is 25.9. The topological polar surface area (TPSA) is 168 Å². The van der Waals surface area contributed by atoms with Gasteiger partial charge in [-0.2, -0.15) is 0 Å². The van der Waals surface area contributed by atoms with Gasteiger partial charge in [-0.3, -0.25) is 19.5 Å². The highest BCUT2D eigenvalue weighted by atomic mass is 19.1. The largest absolute Gasteiger partial charge is 0.453 e. The standard InChI is InChI=1S/C24H27FN8O6/c1-38-23(36)30-11-16-13-33(24(37)39-16)15-2-3-18(17(25)10-15)27-6-7-28-21(34)4-5-29-22(35)19-14-32-9-8-26-12-20(32)31-19/h2-3,8-10,12,14,16,27H,4-7,11,13H2,1H3,(H,28,34)(H,29,35)(H,30,36)/t16-/m0/s1. The molecule has 206 valence electrons. The first-order valence-corrected chi connectivity index (χ1v) is 12.0. The van der Waals surface area contributed by atoms with Gasteiger partial charge in [0.15, 0.2) is 5.65 Å². The van der Waals surface area contributed by atoms with E-state index in [0.717, 1.165) is 0 Å². The summed E-state index contributed by atoms with van der Waals surface area (Å²) >= 11 is 0. The van der Waals surface area contributed by atoms with Gasteiger partial charge in [0, 0.05) is 44.6 Å². The number of cyclic esters (lactones) is 1. The van der Waals surface area contributed by atoms with Crippen molar-refractivity contribution in [1.29, 1.82) is 0 Å². The Morgan fingerprint density at radius 2 is 2.03 bits per heavy atom. The van der Waals surface area contributed by atoms with E-state index >= 15 is 0 Å². The maximum absolute atomic E-state index is 14.6. The summed E-state index contributed by atoms with van der Waals surface area (Å²) in [7, 11) is 1.22. The van der Waals surface area contributed by atoms with Crippen molar-refractivity contribution in [2.45, 2.75) is 12.5 Å². The molecule has 4 rings (SSSR count). The zero-order valence-electron chi connectivity index (χ0n) is 21.0. The van der Waals surface area contributed by atoms with Gasteiger partial charge in [0.05, 0.1) is 37.8 Å². The fourth-order valence-electron chi connectivity index (χ4n) is 3.74. The second kappa shape index (κ2) is 12.5. The molecule has 1 aliphatic rings.